The molecule has 0 saturated carbocycles. The van der Waals surface area contributed by atoms with Gasteiger partial charge in [-0.05, 0) is 37.7 Å². The van der Waals surface area contributed by atoms with Crippen molar-refractivity contribution in [3.63, 3.8) is 0 Å². The van der Waals surface area contributed by atoms with Gasteiger partial charge < -0.3 is 14.5 Å². The van der Waals surface area contributed by atoms with Crippen molar-refractivity contribution in [3.05, 3.63) is 46.4 Å². The van der Waals surface area contributed by atoms with E-state index in [0.29, 0.717) is 23.7 Å². The summed E-state index contributed by atoms with van der Waals surface area (Å²) < 4.78 is 5.27. The Morgan fingerprint density at radius 1 is 1.27 bits per heavy atom. The molecule has 0 aromatic carbocycles. The summed E-state index contributed by atoms with van der Waals surface area (Å²) in [6.45, 7) is 1.93. The normalized spacial score (nSPS) is 10.7. The standard InChI is InChI=1S/C16H21N3O2S/c1-18(2)9-10-19(12-13-6-4-5-8-17-13)16(20)15-14(21-3)7-11-22-15/h4-8,11H,9-10,12H2,1-3H3. The molecule has 1 amide bonds. The molecule has 118 valence electrons. The zero-order valence-corrected chi connectivity index (χ0v) is 14.0. The number of pyridine rings is 1. The lowest BCUT2D eigenvalue weighted by Gasteiger charge is -2.24. The predicted molar refractivity (Wildman–Crippen MR) is 88.4 cm³/mol. The van der Waals surface area contributed by atoms with Crippen molar-refractivity contribution < 1.29 is 9.53 Å². The molecule has 0 bridgehead atoms. The highest BCUT2D eigenvalue weighted by atomic mass is 32.1. The third-order valence-corrected chi connectivity index (χ3v) is 4.11. The molecule has 0 aliphatic heterocycles. The molecule has 0 atom stereocenters. The summed E-state index contributed by atoms with van der Waals surface area (Å²) in [6.07, 6.45) is 1.75. The summed E-state index contributed by atoms with van der Waals surface area (Å²) in [7, 11) is 5.58. The molecular weight excluding hydrogens is 298 g/mol. The van der Waals surface area contributed by atoms with Crippen molar-refractivity contribution in [1.29, 1.82) is 0 Å². The lowest BCUT2D eigenvalue weighted by atomic mass is 10.3. The van der Waals surface area contributed by atoms with E-state index in [9.17, 15) is 4.79 Å². The Bertz CT molecular complexity index is 598. The van der Waals surface area contributed by atoms with Crippen LogP contribution in [0.1, 0.15) is 15.4 Å². The van der Waals surface area contributed by atoms with Crippen LogP contribution in [-0.2, 0) is 6.54 Å². The Labute approximate surface area is 135 Å². The maximum absolute atomic E-state index is 12.8. The van der Waals surface area contributed by atoms with Crippen LogP contribution >= 0.6 is 11.3 Å². The highest BCUT2D eigenvalue weighted by molar-refractivity contribution is 7.12. The molecule has 0 spiro atoms. The Morgan fingerprint density at radius 2 is 2.09 bits per heavy atom. The molecular formula is C16H21N3O2S. The average Bonchev–Trinajstić information content (AvgIpc) is 3.00. The van der Waals surface area contributed by atoms with Crippen molar-refractivity contribution in [2.75, 3.05) is 34.3 Å². The van der Waals surface area contributed by atoms with Crippen molar-refractivity contribution in [2.45, 2.75) is 6.54 Å². The van der Waals surface area contributed by atoms with Gasteiger partial charge in [-0.1, -0.05) is 6.07 Å². The highest BCUT2D eigenvalue weighted by Gasteiger charge is 2.21. The van der Waals surface area contributed by atoms with Gasteiger partial charge in [-0.25, -0.2) is 0 Å². The van der Waals surface area contributed by atoms with Crippen LogP contribution in [0.3, 0.4) is 0 Å². The molecule has 6 heteroatoms. The van der Waals surface area contributed by atoms with E-state index in [1.165, 1.54) is 11.3 Å². The van der Waals surface area contributed by atoms with E-state index in [2.05, 4.69) is 9.88 Å². The second-order valence-electron chi connectivity index (χ2n) is 5.17. The molecule has 0 fully saturated rings. The minimum Gasteiger partial charge on any atom is -0.495 e. The third kappa shape index (κ3) is 4.29. The van der Waals surface area contributed by atoms with Gasteiger partial charge in [0.25, 0.3) is 5.91 Å². The molecule has 2 aromatic rings. The number of carbonyl (C=O) groups is 1. The number of rotatable bonds is 7. The van der Waals surface area contributed by atoms with Crippen LogP contribution in [-0.4, -0.2) is 55.0 Å². The fraction of sp³-hybridized carbons (Fsp3) is 0.375. The van der Waals surface area contributed by atoms with Crippen molar-refractivity contribution in [3.8, 4) is 5.75 Å². The van der Waals surface area contributed by atoms with Crippen LogP contribution in [0.5, 0.6) is 5.75 Å². The van der Waals surface area contributed by atoms with Crippen LogP contribution in [0.4, 0.5) is 0 Å². The molecule has 22 heavy (non-hydrogen) atoms. The SMILES string of the molecule is COc1ccsc1C(=O)N(CCN(C)C)Cc1ccccn1. The Balaban J connectivity index is 2.17. The summed E-state index contributed by atoms with van der Waals surface area (Å²) >= 11 is 1.41. The van der Waals surface area contributed by atoms with E-state index < -0.39 is 0 Å². The zero-order valence-electron chi connectivity index (χ0n) is 13.2. The summed E-state index contributed by atoms with van der Waals surface area (Å²) in [5.41, 5.74) is 0.880. The molecule has 0 aliphatic carbocycles. The number of methoxy groups -OCH3 is 1. The number of hydrogen-bond donors (Lipinski definition) is 0. The summed E-state index contributed by atoms with van der Waals surface area (Å²) in [5, 5.41) is 1.87. The molecule has 2 rings (SSSR count). The first kappa shape index (κ1) is 16.5. The van der Waals surface area contributed by atoms with Crippen LogP contribution in [0.2, 0.25) is 0 Å². The number of likely N-dealkylation sites (N-methyl/N-ethyl adjacent to an activating group) is 1. The van der Waals surface area contributed by atoms with Crippen LogP contribution in [0, 0.1) is 0 Å². The number of hydrogen-bond acceptors (Lipinski definition) is 5. The van der Waals surface area contributed by atoms with E-state index in [4.69, 9.17) is 4.74 Å². The number of amides is 1. The second-order valence-corrected chi connectivity index (χ2v) is 6.09. The quantitative estimate of drug-likeness (QED) is 0.786. The van der Waals surface area contributed by atoms with Gasteiger partial charge in [0.1, 0.15) is 10.6 Å². The summed E-state index contributed by atoms with van der Waals surface area (Å²) in [5.74, 6) is 0.616. The summed E-state index contributed by atoms with van der Waals surface area (Å²) in [4.78, 5) is 21.6. The van der Waals surface area contributed by atoms with Gasteiger partial charge in [0, 0.05) is 19.3 Å². The van der Waals surface area contributed by atoms with Crippen molar-refractivity contribution >= 4 is 17.2 Å². The van der Waals surface area contributed by atoms with E-state index in [1.807, 2.05) is 48.6 Å². The number of ether oxygens (including phenoxy) is 1. The van der Waals surface area contributed by atoms with E-state index in [-0.39, 0.29) is 5.91 Å². The van der Waals surface area contributed by atoms with Gasteiger partial charge in [0.15, 0.2) is 0 Å². The summed E-state index contributed by atoms with van der Waals surface area (Å²) in [6, 6.07) is 7.56. The minimum atomic E-state index is -0.0145. The molecule has 0 unspecified atom stereocenters. The molecule has 0 aliphatic rings. The number of nitrogens with zero attached hydrogens (tertiary/aromatic N) is 3. The molecule has 0 saturated heterocycles. The maximum atomic E-state index is 12.8. The van der Waals surface area contributed by atoms with Gasteiger partial charge in [-0.2, -0.15) is 0 Å². The molecule has 5 nitrogen and oxygen atoms in total. The van der Waals surface area contributed by atoms with E-state index in [0.717, 1.165) is 12.2 Å². The second kappa shape index (κ2) is 7.91. The Hall–Kier alpha value is -1.92. The zero-order chi connectivity index (χ0) is 15.9. The first-order valence-corrected chi connectivity index (χ1v) is 7.95. The fourth-order valence-corrected chi connectivity index (χ4v) is 2.84. The topological polar surface area (TPSA) is 45.7 Å². The highest BCUT2D eigenvalue weighted by Crippen LogP contribution is 2.26. The van der Waals surface area contributed by atoms with E-state index in [1.54, 1.807) is 13.3 Å². The monoisotopic (exact) mass is 319 g/mol. The predicted octanol–water partition coefficient (Wildman–Crippen LogP) is 2.36. The number of thiophene rings is 1. The number of aromatic nitrogens is 1. The first-order chi connectivity index (χ1) is 10.6. The van der Waals surface area contributed by atoms with Crippen molar-refractivity contribution in [2.24, 2.45) is 0 Å². The molecule has 2 heterocycles. The van der Waals surface area contributed by atoms with Gasteiger partial charge in [0.05, 0.1) is 19.3 Å². The first-order valence-electron chi connectivity index (χ1n) is 7.07. The van der Waals surface area contributed by atoms with Crippen LogP contribution < -0.4 is 4.74 Å². The lowest BCUT2D eigenvalue weighted by molar-refractivity contribution is 0.0731. The molecule has 2 aromatic heterocycles. The van der Waals surface area contributed by atoms with Crippen LogP contribution in [0.15, 0.2) is 35.8 Å². The smallest absolute Gasteiger partial charge is 0.268 e. The molecule has 0 radical (unpaired) electrons. The van der Waals surface area contributed by atoms with Gasteiger partial charge in [0.2, 0.25) is 0 Å². The minimum absolute atomic E-state index is 0.0145. The Kier molecular flexibility index (Phi) is 5.91. The maximum Gasteiger partial charge on any atom is 0.268 e. The van der Waals surface area contributed by atoms with Crippen LogP contribution in [0.25, 0.3) is 0 Å². The fourth-order valence-electron chi connectivity index (χ4n) is 2.02. The Morgan fingerprint density at radius 3 is 2.73 bits per heavy atom. The van der Waals surface area contributed by atoms with Crippen molar-refractivity contribution in [1.82, 2.24) is 14.8 Å². The largest absolute Gasteiger partial charge is 0.495 e. The molecule has 0 N–H and O–H groups in total. The average molecular weight is 319 g/mol. The van der Waals surface area contributed by atoms with E-state index >= 15 is 0 Å². The van der Waals surface area contributed by atoms with Gasteiger partial charge in [-0.15, -0.1) is 11.3 Å². The lowest BCUT2D eigenvalue weighted by Crippen LogP contribution is -2.36. The van der Waals surface area contributed by atoms with Gasteiger partial charge in [-0.3, -0.25) is 9.78 Å². The third-order valence-electron chi connectivity index (χ3n) is 3.23. The number of carbonyl (C=O) groups excluding carboxylic acids is 1. The van der Waals surface area contributed by atoms with Gasteiger partial charge >= 0.3 is 0 Å².